The number of ether oxygens (including phenoxy) is 2. The van der Waals surface area contributed by atoms with Gasteiger partial charge in [-0.2, -0.15) is 0 Å². The molecule has 2 aromatic carbocycles. The molecular weight excluding hydrogens is 466 g/mol. The van der Waals surface area contributed by atoms with Gasteiger partial charge in [-0.25, -0.2) is 4.98 Å². The summed E-state index contributed by atoms with van der Waals surface area (Å²) in [6.07, 6.45) is 1.30. The Kier molecular flexibility index (Phi) is 7.26. The molecule has 0 aliphatic carbocycles. The van der Waals surface area contributed by atoms with Crippen LogP contribution in [0.4, 0.5) is 5.69 Å². The molecule has 0 bridgehead atoms. The predicted octanol–water partition coefficient (Wildman–Crippen LogP) is 4.26. The molecule has 4 aromatic rings. The number of aromatic nitrogens is 2. The van der Waals surface area contributed by atoms with Crippen molar-refractivity contribution in [1.82, 2.24) is 9.55 Å². The molecule has 8 nitrogen and oxygen atoms in total. The average molecular weight is 492 g/mol. The number of fused-ring (bicyclic) bond motifs is 1. The molecule has 1 N–H and O–H groups in total. The third-order valence-corrected chi connectivity index (χ3v) is 6.61. The number of hydrogen-bond acceptors (Lipinski definition) is 7. The molecule has 35 heavy (non-hydrogen) atoms. The maximum absolute atomic E-state index is 13.1. The van der Waals surface area contributed by atoms with Crippen LogP contribution in [0.3, 0.4) is 0 Å². The molecule has 0 unspecified atom stereocenters. The Labute approximate surface area is 206 Å². The normalized spacial score (nSPS) is 10.8. The van der Waals surface area contributed by atoms with Crippen LogP contribution < -0.4 is 15.6 Å². The van der Waals surface area contributed by atoms with Crippen LogP contribution in [0.2, 0.25) is 0 Å². The number of thiophene rings is 1. The fourth-order valence-electron chi connectivity index (χ4n) is 3.64. The maximum atomic E-state index is 13.1. The highest BCUT2D eigenvalue weighted by atomic mass is 32.1. The fourth-order valence-corrected chi connectivity index (χ4v) is 4.67. The Bertz CT molecular complexity index is 1440. The number of nitrogens with zero attached hydrogens (tertiary/aromatic N) is 2. The minimum atomic E-state index is -0.578. The van der Waals surface area contributed by atoms with E-state index in [0.29, 0.717) is 32.1 Å². The first-order chi connectivity index (χ1) is 16.8. The highest BCUT2D eigenvalue weighted by Gasteiger charge is 2.21. The van der Waals surface area contributed by atoms with Crippen molar-refractivity contribution < 1.29 is 19.1 Å². The Morgan fingerprint density at radius 3 is 2.57 bits per heavy atom. The third-order valence-electron chi connectivity index (χ3n) is 5.41. The first kappa shape index (κ1) is 24.2. The van der Waals surface area contributed by atoms with E-state index < -0.39 is 11.5 Å². The van der Waals surface area contributed by atoms with Crippen molar-refractivity contribution in [2.45, 2.75) is 27.3 Å². The van der Waals surface area contributed by atoms with Gasteiger partial charge in [-0.3, -0.25) is 19.0 Å². The summed E-state index contributed by atoms with van der Waals surface area (Å²) in [6.45, 7) is 5.59. The Morgan fingerprint density at radius 2 is 1.83 bits per heavy atom. The van der Waals surface area contributed by atoms with E-state index in [1.807, 2.05) is 62.4 Å². The van der Waals surface area contributed by atoms with E-state index in [2.05, 4.69) is 10.3 Å². The van der Waals surface area contributed by atoms with E-state index in [0.717, 1.165) is 22.5 Å². The van der Waals surface area contributed by atoms with Crippen molar-refractivity contribution in [1.29, 1.82) is 0 Å². The molecule has 0 fully saturated rings. The monoisotopic (exact) mass is 491 g/mol. The Morgan fingerprint density at radius 1 is 1.06 bits per heavy atom. The van der Waals surface area contributed by atoms with E-state index in [9.17, 15) is 14.4 Å². The van der Waals surface area contributed by atoms with Crippen molar-refractivity contribution in [2.24, 2.45) is 0 Å². The molecule has 2 heterocycles. The van der Waals surface area contributed by atoms with Crippen molar-refractivity contribution in [3.8, 4) is 5.75 Å². The van der Waals surface area contributed by atoms with Gasteiger partial charge in [-0.1, -0.05) is 35.9 Å². The SMILES string of the molecule is Cc1ccc(NC(=O)c2sc3ncn(CC(=O)OCCOc4ccccc4)c(=O)c3c2C)c(C)c1. The van der Waals surface area contributed by atoms with Crippen LogP contribution in [0.5, 0.6) is 5.75 Å². The predicted molar refractivity (Wildman–Crippen MR) is 135 cm³/mol. The van der Waals surface area contributed by atoms with Gasteiger partial charge in [0.15, 0.2) is 0 Å². The second-order valence-corrected chi connectivity index (χ2v) is 9.07. The van der Waals surface area contributed by atoms with E-state index in [4.69, 9.17) is 9.47 Å². The molecule has 0 radical (unpaired) electrons. The number of carbonyl (C=O) groups excluding carboxylic acids is 2. The van der Waals surface area contributed by atoms with Gasteiger partial charge in [0.1, 0.15) is 30.3 Å². The smallest absolute Gasteiger partial charge is 0.326 e. The number of amides is 1. The van der Waals surface area contributed by atoms with E-state index in [1.165, 1.54) is 10.9 Å². The maximum Gasteiger partial charge on any atom is 0.326 e. The Hall–Kier alpha value is -3.98. The largest absolute Gasteiger partial charge is 0.490 e. The quantitative estimate of drug-likeness (QED) is 0.292. The second kappa shape index (κ2) is 10.5. The summed E-state index contributed by atoms with van der Waals surface area (Å²) in [4.78, 5) is 43.4. The molecule has 0 saturated heterocycles. The number of aryl methyl sites for hydroxylation is 3. The van der Waals surface area contributed by atoms with Gasteiger partial charge in [0.05, 0.1) is 16.6 Å². The summed E-state index contributed by atoms with van der Waals surface area (Å²) < 4.78 is 11.9. The van der Waals surface area contributed by atoms with Crippen LogP contribution in [0.1, 0.15) is 26.4 Å². The highest BCUT2D eigenvalue weighted by molar-refractivity contribution is 7.20. The number of benzene rings is 2. The third kappa shape index (κ3) is 5.58. The zero-order valence-electron chi connectivity index (χ0n) is 19.7. The molecule has 0 aliphatic heterocycles. The van der Waals surface area contributed by atoms with Crippen LogP contribution >= 0.6 is 11.3 Å². The second-order valence-electron chi connectivity index (χ2n) is 8.07. The summed E-state index contributed by atoms with van der Waals surface area (Å²) >= 11 is 1.15. The lowest BCUT2D eigenvalue weighted by Gasteiger charge is -2.09. The van der Waals surface area contributed by atoms with E-state index in [-0.39, 0.29) is 25.7 Å². The fraction of sp³-hybridized carbons (Fsp3) is 0.231. The molecule has 4 rings (SSSR count). The zero-order chi connectivity index (χ0) is 24.9. The minimum absolute atomic E-state index is 0.0539. The first-order valence-electron chi connectivity index (χ1n) is 11.0. The van der Waals surface area contributed by atoms with Crippen molar-refractivity contribution in [2.75, 3.05) is 18.5 Å². The molecule has 0 spiro atoms. The zero-order valence-corrected chi connectivity index (χ0v) is 20.5. The van der Waals surface area contributed by atoms with Gasteiger partial charge in [0.25, 0.3) is 11.5 Å². The average Bonchev–Trinajstić information content (AvgIpc) is 3.18. The van der Waals surface area contributed by atoms with Crippen LogP contribution in [-0.4, -0.2) is 34.6 Å². The first-order valence-corrected chi connectivity index (χ1v) is 11.9. The number of esters is 1. The molecule has 0 aliphatic rings. The van der Waals surface area contributed by atoms with E-state index in [1.54, 1.807) is 6.92 Å². The standard InChI is InChI=1S/C26H25N3O5S/c1-16-9-10-20(17(2)13-16)28-24(31)23-18(3)22-25(35-23)27-15-29(26(22)32)14-21(30)34-12-11-33-19-7-5-4-6-8-19/h4-10,13,15H,11-12,14H2,1-3H3,(H,28,31). The summed E-state index contributed by atoms with van der Waals surface area (Å²) in [6, 6.07) is 15.0. The van der Waals surface area contributed by atoms with Gasteiger partial charge in [0, 0.05) is 5.69 Å². The van der Waals surface area contributed by atoms with Gasteiger partial charge in [-0.15, -0.1) is 11.3 Å². The number of nitrogens with one attached hydrogen (secondary N) is 1. The molecular formula is C26H25N3O5S. The van der Waals surface area contributed by atoms with Crippen LogP contribution in [-0.2, 0) is 16.1 Å². The lowest BCUT2D eigenvalue weighted by Crippen LogP contribution is -2.26. The number of carbonyl (C=O) groups is 2. The highest BCUT2D eigenvalue weighted by Crippen LogP contribution is 2.28. The van der Waals surface area contributed by atoms with Crippen LogP contribution in [0.25, 0.3) is 10.2 Å². The number of rotatable bonds is 8. The lowest BCUT2D eigenvalue weighted by molar-refractivity contribution is -0.145. The molecule has 180 valence electrons. The number of anilines is 1. The molecule has 1 amide bonds. The van der Waals surface area contributed by atoms with Crippen molar-refractivity contribution >= 4 is 39.1 Å². The number of hydrogen-bond donors (Lipinski definition) is 1. The minimum Gasteiger partial charge on any atom is -0.490 e. The Balaban J connectivity index is 1.43. The number of para-hydroxylation sites is 1. The van der Waals surface area contributed by atoms with E-state index >= 15 is 0 Å². The van der Waals surface area contributed by atoms with Crippen LogP contribution in [0.15, 0.2) is 59.7 Å². The summed E-state index contributed by atoms with van der Waals surface area (Å²) in [5.74, 6) is -0.202. The molecule has 2 aromatic heterocycles. The van der Waals surface area contributed by atoms with Crippen molar-refractivity contribution in [3.63, 3.8) is 0 Å². The van der Waals surface area contributed by atoms with Gasteiger partial charge in [0.2, 0.25) is 0 Å². The van der Waals surface area contributed by atoms with Gasteiger partial charge < -0.3 is 14.8 Å². The topological polar surface area (TPSA) is 99.5 Å². The molecule has 0 saturated carbocycles. The van der Waals surface area contributed by atoms with Gasteiger partial charge >= 0.3 is 5.97 Å². The summed E-state index contributed by atoms with van der Waals surface area (Å²) in [5.41, 5.74) is 2.90. The summed E-state index contributed by atoms with van der Waals surface area (Å²) in [7, 11) is 0. The van der Waals surface area contributed by atoms with Gasteiger partial charge in [-0.05, 0) is 50.1 Å². The van der Waals surface area contributed by atoms with Crippen molar-refractivity contribution in [3.05, 3.63) is 86.8 Å². The molecule has 0 atom stereocenters. The van der Waals surface area contributed by atoms with Crippen LogP contribution in [0, 0.1) is 20.8 Å². The lowest BCUT2D eigenvalue weighted by atomic mass is 10.1. The molecule has 9 heteroatoms. The summed E-state index contributed by atoms with van der Waals surface area (Å²) in [5, 5.41) is 3.23.